The highest BCUT2D eigenvalue weighted by Gasteiger charge is 2.16. The standard InChI is InChI=1S/C17H18ClN5O2/c1-9(2)25-14-6-5-12(8-13(14)18)20-16(24)15-21-17-19-10(3)7-11(4)23(17)22-15/h5-9H,1-4H3,(H,20,24). The van der Waals surface area contributed by atoms with E-state index in [4.69, 9.17) is 16.3 Å². The molecule has 7 nitrogen and oxygen atoms in total. The Labute approximate surface area is 150 Å². The SMILES string of the molecule is Cc1cc(C)n2nc(C(=O)Nc3ccc(OC(C)C)c(Cl)c3)nc2n1. The molecule has 0 spiro atoms. The molecule has 8 heteroatoms. The van der Waals surface area contributed by atoms with Crippen LogP contribution in [0.5, 0.6) is 5.75 Å². The lowest BCUT2D eigenvalue weighted by atomic mass is 10.3. The van der Waals surface area contributed by atoms with Crippen molar-refractivity contribution in [2.75, 3.05) is 5.32 Å². The van der Waals surface area contributed by atoms with Crippen LogP contribution in [-0.2, 0) is 0 Å². The summed E-state index contributed by atoms with van der Waals surface area (Å²) < 4.78 is 7.11. The molecule has 1 aromatic carbocycles. The van der Waals surface area contributed by atoms with E-state index in [2.05, 4.69) is 20.4 Å². The van der Waals surface area contributed by atoms with Gasteiger partial charge in [0.1, 0.15) is 5.75 Å². The maximum Gasteiger partial charge on any atom is 0.295 e. The van der Waals surface area contributed by atoms with Gasteiger partial charge >= 0.3 is 0 Å². The third kappa shape index (κ3) is 3.71. The van der Waals surface area contributed by atoms with Crippen LogP contribution in [-0.4, -0.2) is 31.6 Å². The van der Waals surface area contributed by atoms with Crippen molar-refractivity contribution in [2.45, 2.75) is 33.8 Å². The van der Waals surface area contributed by atoms with Gasteiger partial charge in [-0.1, -0.05) is 11.6 Å². The summed E-state index contributed by atoms with van der Waals surface area (Å²) in [6, 6.07) is 6.92. The van der Waals surface area contributed by atoms with Crippen LogP contribution < -0.4 is 10.1 Å². The Balaban J connectivity index is 1.82. The lowest BCUT2D eigenvalue weighted by Crippen LogP contribution is -2.14. The number of halogens is 1. The van der Waals surface area contributed by atoms with E-state index < -0.39 is 5.91 Å². The first kappa shape index (κ1) is 17.2. The van der Waals surface area contributed by atoms with Crippen molar-refractivity contribution in [3.8, 4) is 5.75 Å². The Morgan fingerprint density at radius 3 is 2.68 bits per heavy atom. The van der Waals surface area contributed by atoms with Gasteiger partial charge in [-0.25, -0.2) is 9.50 Å². The van der Waals surface area contributed by atoms with Gasteiger partial charge in [0.05, 0.1) is 11.1 Å². The third-order valence-corrected chi connectivity index (χ3v) is 3.67. The molecule has 0 saturated carbocycles. The van der Waals surface area contributed by atoms with E-state index in [1.54, 1.807) is 18.2 Å². The van der Waals surface area contributed by atoms with Crippen LogP contribution in [0.4, 0.5) is 5.69 Å². The number of hydrogen-bond acceptors (Lipinski definition) is 5. The van der Waals surface area contributed by atoms with E-state index in [1.807, 2.05) is 33.8 Å². The number of carbonyl (C=O) groups excluding carboxylic acids is 1. The number of nitrogens with one attached hydrogen (secondary N) is 1. The van der Waals surface area contributed by atoms with Crippen LogP contribution in [0.25, 0.3) is 5.78 Å². The topological polar surface area (TPSA) is 81.4 Å². The number of hydrogen-bond donors (Lipinski definition) is 1. The van der Waals surface area contributed by atoms with Gasteiger partial charge in [-0.05, 0) is 52.0 Å². The molecule has 25 heavy (non-hydrogen) atoms. The van der Waals surface area contributed by atoms with E-state index in [-0.39, 0.29) is 11.9 Å². The van der Waals surface area contributed by atoms with Crippen molar-refractivity contribution < 1.29 is 9.53 Å². The Kier molecular flexibility index (Phi) is 4.59. The van der Waals surface area contributed by atoms with Gasteiger partial charge in [0.15, 0.2) is 0 Å². The second-order valence-electron chi connectivity index (χ2n) is 5.95. The van der Waals surface area contributed by atoms with Gasteiger partial charge in [-0.3, -0.25) is 4.79 Å². The first-order valence-electron chi connectivity index (χ1n) is 7.82. The van der Waals surface area contributed by atoms with Crippen molar-refractivity contribution in [3.05, 3.63) is 46.5 Å². The predicted molar refractivity (Wildman–Crippen MR) is 95.4 cm³/mol. The quantitative estimate of drug-likeness (QED) is 0.771. The van der Waals surface area contributed by atoms with Crippen molar-refractivity contribution >= 4 is 29.0 Å². The summed E-state index contributed by atoms with van der Waals surface area (Å²) in [6.07, 6.45) is 0.0133. The molecule has 3 aromatic rings. The fourth-order valence-corrected chi connectivity index (χ4v) is 2.60. The van der Waals surface area contributed by atoms with Crippen molar-refractivity contribution in [3.63, 3.8) is 0 Å². The van der Waals surface area contributed by atoms with Crippen molar-refractivity contribution in [1.29, 1.82) is 0 Å². The molecule has 1 amide bonds. The minimum Gasteiger partial charge on any atom is -0.489 e. The van der Waals surface area contributed by atoms with Crippen LogP contribution in [0, 0.1) is 13.8 Å². The van der Waals surface area contributed by atoms with Crippen LogP contribution in [0.1, 0.15) is 35.9 Å². The largest absolute Gasteiger partial charge is 0.489 e. The minimum absolute atomic E-state index is 0.0133. The van der Waals surface area contributed by atoms with Gasteiger partial charge in [-0.2, -0.15) is 4.98 Å². The smallest absolute Gasteiger partial charge is 0.295 e. The van der Waals surface area contributed by atoms with Gasteiger partial charge in [0.25, 0.3) is 11.7 Å². The molecular weight excluding hydrogens is 342 g/mol. The molecule has 130 valence electrons. The normalized spacial score (nSPS) is 11.1. The molecule has 0 radical (unpaired) electrons. The summed E-state index contributed by atoms with van der Waals surface area (Å²) in [6.45, 7) is 7.58. The highest BCUT2D eigenvalue weighted by Crippen LogP contribution is 2.28. The maximum absolute atomic E-state index is 12.4. The highest BCUT2D eigenvalue weighted by atomic mass is 35.5. The van der Waals surface area contributed by atoms with Gasteiger partial charge in [-0.15, -0.1) is 5.10 Å². The second-order valence-corrected chi connectivity index (χ2v) is 6.36. The third-order valence-electron chi connectivity index (χ3n) is 3.37. The van der Waals surface area contributed by atoms with Crippen molar-refractivity contribution in [1.82, 2.24) is 19.6 Å². The van der Waals surface area contributed by atoms with Crippen LogP contribution in [0.2, 0.25) is 5.02 Å². The molecule has 2 heterocycles. The number of fused-ring (bicyclic) bond motifs is 1. The summed E-state index contributed by atoms with van der Waals surface area (Å²) in [4.78, 5) is 20.9. The molecule has 0 unspecified atom stereocenters. The molecule has 0 aliphatic carbocycles. The molecule has 0 aliphatic heterocycles. The van der Waals surface area contributed by atoms with Gasteiger partial charge in [0, 0.05) is 17.1 Å². The summed E-state index contributed by atoms with van der Waals surface area (Å²) >= 11 is 6.18. The Bertz CT molecular complexity index is 952. The number of aromatic nitrogens is 4. The van der Waals surface area contributed by atoms with E-state index in [0.29, 0.717) is 22.2 Å². The fourth-order valence-electron chi connectivity index (χ4n) is 2.38. The molecule has 0 bridgehead atoms. The average molecular weight is 360 g/mol. The van der Waals surface area contributed by atoms with E-state index >= 15 is 0 Å². The average Bonchev–Trinajstić information content (AvgIpc) is 2.94. The van der Waals surface area contributed by atoms with Crippen molar-refractivity contribution in [2.24, 2.45) is 0 Å². The number of anilines is 1. The Morgan fingerprint density at radius 2 is 2.00 bits per heavy atom. The van der Waals surface area contributed by atoms with E-state index in [9.17, 15) is 4.79 Å². The number of ether oxygens (including phenoxy) is 1. The van der Waals surface area contributed by atoms with Crippen LogP contribution >= 0.6 is 11.6 Å². The molecule has 0 fully saturated rings. The lowest BCUT2D eigenvalue weighted by molar-refractivity contribution is 0.101. The molecular formula is C17H18ClN5O2. The number of aryl methyl sites for hydroxylation is 2. The number of carbonyl (C=O) groups is 1. The summed E-state index contributed by atoms with van der Waals surface area (Å²) in [5.41, 5.74) is 2.20. The van der Waals surface area contributed by atoms with Crippen LogP contribution in [0.3, 0.4) is 0 Å². The summed E-state index contributed by atoms with van der Waals surface area (Å²) in [5, 5.41) is 7.35. The second kappa shape index (κ2) is 6.68. The molecule has 0 saturated heterocycles. The highest BCUT2D eigenvalue weighted by molar-refractivity contribution is 6.32. The number of amides is 1. The fraction of sp³-hybridized carbons (Fsp3) is 0.294. The molecule has 2 aromatic heterocycles. The zero-order chi connectivity index (χ0) is 18.1. The lowest BCUT2D eigenvalue weighted by Gasteiger charge is -2.12. The monoisotopic (exact) mass is 359 g/mol. The first-order chi connectivity index (χ1) is 11.8. The number of benzene rings is 1. The molecule has 0 aliphatic rings. The van der Waals surface area contributed by atoms with Crippen LogP contribution in [0.15, 0.2) is 24.3 Å². The summed E-state index contributed by atoms with van der Waals surface area (Å²) in [7, 11) is 0. The zero-order valence-electron chi connectivity index (χ0n) is 14.4. The molecule has 3 rings (SSSR count). The number of nitrogens with zero attached hydrogens (tertiary/aromatic N) is 4. The van der Waals surface area contributed by atoms with E-state index in [1.165, 1.54) is 4.52 Å². The first-order valence-corrected chi connectivity index (χ1v) is 8.20. The van der Waals surface area contributed by atoms with E-state index in [0.717, 1.165) is 11.4 Å². The Morgan fingerprint density at radius 1 is 1.24 bits per heavy atom. The summed E-state index contributed by atoms with van der Waals surface area (Å²) in [5.74, 6) is 0.563. The maximum atomic E-state index is 12.4. The van der Waals surface area contributed by atoms with Gasteiger partial charge < -0.3 is 10.1 Å². The zero-order valence-corrected chi connectivity index (χ0v) is 15.1. The minimum atomic E-state index is -0.434. The predicted octanol–water partition coefficient (Wildman–Crippen LogP) is 3.43. The molecule has 1 N–H and O–H groups in total. The number of rotatable bonds is 4. The Hall–Kier alpha value is -2.67. The molecule has 0 atom stereocenters. The van der Waals surface area contributed by atoms with Gasteiger partial charge in [0.2, 0.25) is 5.82 Å².